The van der Waals surface area contributed by atoms with Gasteiger partial charge in [0.1, 0.15) is 0 Å². The van der Waals surface area contributed by atoms with Crippen molar-refractivity contribution in [1.29, 1.82) is 0 Å². The van der Waals surface area contributed by atoms with Gasteiger partial charge in [-0.3, -0.25) is 4.21 Å². The van der Waals surface area contributed by atoms with Crippen molar-refractivity contribution < 1.29 is 4.21 Å². The van der Waals surface area contributed by atoms with Crippen LogP contribution in [0.15, 0.2) is 18.2 Å². The monoisotopic (exact) mass is 285 g/mol. The van der Waals surface area contributed by atoms with Gasteiger partial charge >= 0.3 is 0 Å². The number of rotatable bonds is 4. The molecule has 1 fully saturated rings. The normalized spacial score (nSPS) is 25.1. The summed E-state index contributed by atoms with van der Waals surface area (Å²) in [6.45, 7) is 2.29. The second kappa shape index (κ2) is 6.07. The Morgan fingerprint density at radius 3 is 2.83 bits per heavy atom. The third-order valence-electron chi connectivity index (χ3n) is 3.62. The molecular weight excluding hydrogens is 266 g/mol. The molecule has 1 aliphatic carbocycles. The number of anilines is 1. The van der Waals surface area contributed by atoms with Crippen molar-refractivity contribution in [2.45, 2.75) is 38.0 Å². The van der Waals surface area contributed by atoms with Crippen molar-refractivity contribution in [3.63, 3.8) is 0 Å². The Hall–Kier alpha value is -0.540. The van der Waals surface area contributed by atoms with Gasteiger partial charge in [-0.1, -0.05) is 24.9 Å². The predicted molar refractivity (Wildman–Crippen MR) is 79.6 cm³/mol. The van der Waals surface area contributed by atoms with Gasteiger partial charge in [0.15, 0.2) is 0 Å². The minimum atomic E-state index is -0.858. The fraction of sp³-hybridized carbons (Fsp3) is 0.571. The Bertz CT molecular complexity index is 449. The molecule has 1 aromatic rings. The Morgan fingerprint density at radius 2 is 2.22 bits per heavy atom. The van der Waals surface area contributed by atoms with Gasteiger partial charge in [0, 0.05) is 39.6 Å². The molecule has 0 saturated heterocycles. The largest absolute Gasteiger partial charge is 0.382 e. The van der Waals surface area contributed by atoms with Gasteiger partial charge in [-0.15, -0.1) is 0 Å². The van der Waals surface area contributed by atoms with Crippen LogP contribution in [0.2, 0.25) is 5.02 Å². The predicted octanol–water partition coefficient (Wildman–Crippen LogP) is 3.82. The van der Waals surface area contributed by atoms with Crippen LogP contribution in [0.5, 0.6) is 0 Å². The summed E-state index contributed by atoms with van der Waals surface area (Å²) in [5.41, 5.74) is 2.06. The van der Waals surface area contributed by atoms with Gasteiger partial charge in [0.25, 0.3) is 0 Å². The summed E-state index contributed by atoms with van der Waals surface area (Å²) in [4.78, 5) is 0. The third kappa shape index (κ3) is 3.48. The van der Waals surface area contributed by atoms with Crippen molar-refractivity contribution in [3.8, 4) is 0 Å². The molecule has 0 radical (unpaired) electrons. The first-order valence-electron chi connectivity index (χ1n) is 6.41. The zero-order valence-corrected chi connectivity index (χ0v) is 12.5. The molecule has 1 aliphatic rings. The molecule has 100 valence electrons. The summed E-state index contributed by atoms with van der Waals surface area (Å²) in [5.74, 6) is 1.25. The molecule has 1 saturated carbocycles. The minimum absolute atomic E-state index is 0.522. The fourth-order valence-corrected chi connectivity index (χ4v) is 3.51. The third-order valence-corrected chi connectivity index (χ3v) is 4.70. The Kier molecular flexibility index (Phi) is 4.68. The lowest BCUT2D eigenvalue weighted by atomic mass is 10.1. The second-order valence-corrected chi connectivity index (χ2v) is 7.02. The zero-order valence-electron chi connectivity index (χ0n) is 10.9. The maximum Gasteiger partial charge on any atom is 0.0498 e. The summed E-state index contributed by atoms with van der Waals surface area (Å²) < 4.78 is 11.3. The standard InChI is InChI=1S/C14H20ClNOS/c1-10-4-3-5-14(10)16-12-6-7-13(15)11(8-12)9-18(2)17/h6-8,10,14,16H,3-5,9H2,1-2H3/t10-,14+,18-/m1/s1. The Morgan fingerprint density at radius 1 is 1.44 bits per heavy atom. The molecule has 2 rings (SSSR count). The Labute approximate surface area is 117 Å². The lowest BCUT2D eigenvalue weighted by Gasteiger charge is -2.19. The average Bonchev–Trinajstić information content (AvgIpc) is 2.69. The lowest BCUT2D eigenvalue weighted by Crippen LogP contribution is -2.21. The first-order valence-corrected chi connectivity index (χ1v) is 8.52. The van der Waals surface area contributed by atoms with Gasteiger partial charge in [-0.05, 0) is 42.5 Å². The first-order chi connectivity index (χ1) is 8.56. The van der Waals surface area contributed by atoms with E-state index in [-0.39, 0.29) is 0 Å². The molecule has 3 atom stereocenters. The van der Waals surface area contributed by atoms with Crippen LogP contribution in [0, 0.1) is 5.92 Å². The number of benzene rings is 1. The molecule has 18 heavy (non-hydrogen) atoms. The molecule has 0 bridgehead atoms. The number of halogens is 1. The molecule has 0 aliphatic heterocycles. The van der Waals surface area contributed by atoms with E-state index in [1.807, 2.05) is 18.2 Å². The molecular formula is C14H20ClNOS. The van der Waals surface area contributed by atoms with Crippen LogP contribution in [0.25, 0.3) is 0 Å². The van der Waals surface area contributed by atoms with E-state index in [2.05, 4.69) is 12.2 Å². The summed E-state index contributed by atoms with van der Waals surface area (Å²) in [6.07, 6.45) is 5.55. The zero-order chi connectivity index (χ0) is 13.1. The van der Waals surface area contributed by atoms with Crippen LogP contribution < -0.4 is 5.32 Å². The SMILES string of the molecule is C[C@@H]1CCC[C@@H]1Nc1ccc(Cl)c(C[S@@](C)=O)c1. The highest BCUT2D eigenvalue weighted by atomic mass is 35.5. The molecule has 4 heteroatoms. The maximum atomic E-state index is 11.3. The highest BCUT2D eigenvalue weighted by molar-refractivity contribution is 7.83. The molecule has 0 unspecified atom stereocenters. The van der Waals surface area contributed by atoms with Crippen LogP contribution >= 0.6 is 11.6 Å². The highest BCUT2D eigenvalue weighted by Crippen LogP contribution is 2.29. The molecule has 1 aromatic carbocycles. The molecule has 0 aromatic heterocycles. The van der Waals surface area contributed by atoms with Gasteiger partial charge in [0.05, 0.1) is 0 Å². The van der Waals surface area contributed by atoms with Crippen molar-refractivity contribution in [2.75, 3.05) is 11.6 Å². The summed E-state index contributed by atoms with van der Waals surface area (Å²) in [5, 5.41) is 4.28. The van der Waals surface area contributed by atoms with E-state index < -0.39 is 10.8 Å². The van der Waals surface area contributed by atoms with Gasteiger partial charge < -0.3 is 5.32 Å². The molecule has 0 amide bonds. The van der Waals surface area contributed by atoms with Crippen LogP contribution in [-0.4, -0.2) is 16.5 Å². The van der Waals surface area contributed by atoms with E-state index in [1.165, 1.54) is 19.3 Å². The molecule has 1 N–H and O–H groups in total. The lowest BCUT2D eigenvalue weighted by molar-refractivity contribution is 0.556. The summed E-state index contributed by atoms with van der Waals surface area (Å²) >= 11 is 6.12. The maximum absolute atomic E-state index is 11.3. The highest BCUT2D eigenvalue weighted by Gasteiger charge is 2.23. The van der Waals surface area contributed by atoms with Crippen molar-refractivity contribution in [1.82, 2.24) is 0 Å². The smallest absolute Gasteiger partial charge is 0.0498 e. The van der Waals surface area contributed by atoms with Crippen molar-refractivity contribution in [2.24, 2.45) is 5.92 Å². The Balaban J connectivity index is 2.11. The first kappa shape index (κ1) is 13.9. The van der Waals surface area contributed by atoms with Crippen molar-refractivity contribution in [3.05, 3.63) is 28.8 Å². The van der Waals surface area contributed by atoms with E-state index in [0.29, 0.717) is 16.8 Å². The van der Waals surface area contributed by atoms with E-state index in [1.54, 1.807) is 6.26 Å². The summed E-state index contributed by atoms with van der Waals surface area (Å²) in [6, 6.07) is 6.50. The van der Waals surface area contributed by atoms with E-state index in [9.17, 15) is 4.21 Å². The van der Waals surface area contributed by atoms with Gasteiger partial charge in [-0.2, -0.15) is 0 Å². The fourth-order valence-electron chi connectivity index (χ4n) is 2.57. The van der Waals surface area contributed by atoms with Crippen LogP contribution in [0.1, 0.15) is 31.7 Å². The number of hydrogen-bond acceptors (Lipinski definition) is 2. The van der Waals surface area contributed by atoms with Crippen LogP contribution in [0.4, 0.5) is 5.69 Å². The number of hydrogen-bond donors (Lipinski definition) is 1. The van der Waals surface area contributed by atoms with Crippen LogP contribution in [-0.2, 0) is 16.6 Å². The molecule has 0 spiro atoms. The van der Waals surface area contributed by atoms with Gasteiger partial charge in [-0.25, -0.2) is 0 Å². The quantitative estimate of drug-likeness (QED) is 0.911. The topological polar surface area (TPSA) is 29.1 Å². The van der Waals surface area contributed by atoms with E-state index >= 15 is 0 Å². The van der Waals surface area contributed by atoms with Gasteiger partial charge in [0.2, 0.25) is 0 Å². The van der Waals surface area contributed by atoms with E-state index in [4.69, 9.17) is 11.6 Å². The molecule has 2 nitrogen and oxygen atoms in total. The average molecular weight is 286 g/mol. The van der Waals surface area contributed by atoms with Crippen LogP contribution in [0.3, 0.4) is 0 Å². The molecule has 0 heterocycles. The van der Waals surface area contributed by atoms with Crippen molar-refractivity contribution >= 4 is 28.1 Å². The minimum Gasteiger partial charge on any atom is -0.382 e. The van der Waals surface area contributed by atoms with E-state index in [0.717, 1.165) is 17.2 Å². The number of nitrogens with one attached hydrogen (secondary N) is 1. The second-order valence-electron chi connectivity index (χ2n) is 5.18. The summed E-state index contributed by atoms with van der Waals surface area (Å²) in [7, 11) is -0.858.